The first-order valence-electron chi connectivity index (χ1n) is 4.41. The lowest BCUT2D eigenvalue weighted by Crippen LogP contribution is -2.42. The molecule has 1 aliphatic heterocycles. The molecule has 14 heavy (non-hydrogen) atoms. The molecule has 0 amide bonds. The van der Waals surface area contributed by atoms with Crippen molar-refractivity contribution in [2.24, 2.45) is 5.73 Å². The number of rotatable bonds is 4. The highest BCUT2D eigenvalue weighted by Crippen LogP contribution is 2.17. The number of carbonyl (C=O) groups excluding carboxylic acids is 1. The summed E-state index contributed by atoms with van der Waals surface area (Å²) in [5.74, 6) is -0.962. The van der Waals surface area contributed by atoms with Gasteiger partial charge in [0.1, 0.15) is 10.1 Å². The first kappa shape index (κ1) is 11.9. The Hall–Kier alpha value is -0.210. The smallest absolute Gasteiger partial charge is 0.320 e. The zero-order valence-electron chi connectivity index (χ0n) is 7.65. The minimum absolute atomic E-state index is 0.112. The molecular formula is C8H13IN2O3. The zero-order valence-corrected chi connectivity index (χ0v) is 9.81. The third kappa shape index (κ3) is 2.89. The second-order valence-corrected chi connectivity index (χ2v) is 4.68. The van der Waals surface area contributed by atoms with Gasteiger partial charge in [-0.25, -0.2) is 0 Å². The number of likely N-dealkylation sites (tertiary alicyclic amines) is 1. The molecule has 5 nitrogen and oxygen atoms in total. The summed E-state index contributed by atoms with van der Waals surface area (Å²) >= 11 is 1.83. The Labute approximate surface area is 95.8 Å². The average molecular weight is 312 g/mol. The molecule has 1 rings (SSSR count). The van der Waals surface area contributed by atoms with E-state index in [-0.39, 0.29) is 12.3 Å². The number of ketones is 1. The Morgan fingerprint density at radius 3 is 2.79 bits per heavy atom. The molecule has 0 radical (unpaired) electrons. The molecule has 0 spiro atoms. The van der Waals surface area contributed by atoms with Crippen molar-refractivity contribution in [3.8, 4) is 0 Å². The van der Waals surface area contributed by atoms with E-state index in [4.69, 9.17) is 10.8 Å². The molecule has 6 heteroatoms. The van der Waals surface area contributed by atoms with Gasteiger partial charge in [0, 0.05) is 0 Å². The fourth-order valence-electron chi connectivity index (χ4n) is 1.58. The Bertz CT molecular complexity index is 245. The van der Waals surface area contributed by atoms with Crippen molar-refractivity contribution in [3.63, 3.8) is 0 Å². The minimum Gasteiger partial charge on any atom is -0.480 e. The molecule has 0 aliphatic carbocycles. The van der Waals surface area contributed by atoms with Crippen molar-refractivity contribution >= 4 is 34.3 Å². The van der Waals surface area contributed by atoms with E-state index < -0.39 is 16.1 Å². The fourth-order valence-corrected chi connectivity index (χ4v) is 1.78. The highest BCUT2D eigenvalue weighted by Gasteiger charge is 2.32. The third-order valence-corrected chi connectivity index (χ3v) is 3.01. The van der Waals surface area contributed by atoms with E-state index in [0.717, 1.165) is 6.42 Å². The predicted octanol–water partition coefficient (Wildman–Crippen LogP) is -0.176. The van der Waals surface area contributed by atoms with Crippen molar-refractivity contribution in [3.05, 3.63) is 0 Å². The fraction of sp³-hybridized carbons (Fsp3) is 0.750. The molecule has 0 bridgehead atoms. The molecule has 2 atom stereocenters. The molecule has 3 N–H and O–H groups in total. The predicted molar refractivity (Wildman–Crippen MR) is 59.2 cm³/mol. The summed E-state index contributed by atoms with van der Waals surface area (Å²) in [6, 6.07) is -0.505. The number of halogens is 1. The van der Waals surface area contributed by atoms with Crippen molar-refractivity contribution < 1.29 is 14.7 Å². The minimum atomic E-state index is -0.850. The van der Waals surface area contributed by atoms with Gasteiger partial charge in [-0.2, -0.15) is 0 Å². The van der Waals surface area contributed by atoms with Crippen LogP contribution in [0, 0.1) is 0 Å². The largest absolute Gasteiger partial charge is 0.480 e. The lowest BCUT2D eigenvalue weighted by atomic mass is 10.2. The summed E-state index contributed by atoms with van der Waals surface area (Å²) < 4.78 is -0.539. The molecule has 0 saturated carbocycles. The average Bonchev–Trinajstić information content (AvgIpc) is 2.52. The maximum absolute atomic E-state index is 11.3. The highest BCUT2D eigenvalue weighted by atomic mass is 127. The van der Waals surface area contributed by atoms with E-state index in [2.05, 4.69) is 0 Å². The van der Waals surface area contributed by atoms with Gasteiger partial charge in [0.05, 0.1) is 6.54 Å². The van der Waals surface area contributed by atoms with Gasteiger partial charge >= 0.3 is 5.97 Å². The van der Waals surface area contributed by atoms with E-state index in [0.29, 0.717) is 13.0 Å². The van der Waals surface area contributed by atoms with E-state index >= 15 is 0 Å². The van der Waals surface area contributed by atoms with Crippen LogP contribution >= 0.6 is 22.6 Å². The van der Waals surface area contributed by atoms with Gasteiger partial charge in [0.15, 0.2) is 5.78 Å². The SMILES string of the molecule is N[C@@H](I)C(=O)CN1CCC[C@H]1C(=O)O. The van der Waals surface area contributed by atoms with E-state index in [9.17, 15) is 9.59 Å². The summed E-state index contributed by atoms with van der Waals surface area (Å²) in [5, 5.41) is 8.85. The lowest BCUT2D eigenvalue weighted by molar-refractivity contribution is -0.142. The van der Waals surface area contributed by atoms with Gasteiger partial charge in [0.2, 0.25) is 0 Å². The highest BCUT2D eigenvalue weighted by molar-refractivity contribution is 14.1. The number of carbonyl (C=O) groups is 2. The first-order chi connectivity index (χ1) is 6.52. The Morgan fingerprint density at radius 1 is 1.64 bits per heavy atom. The molecule has 80 valence electrons. The summed E-state index contributed by atoms with van der Waals surface area (Å²) in [7, 11) is 0. The number of alkyl halides is 1. The van der Waals surface area contributed by atoms with Crippen LogP contribution in [0.2, 0.25) is 0 Å². The van der Waals surface area contributed by atoms with E-state index in [1.807, 2.05) is 22.6 Å². The Balaban J connectivity index is 2.51. The van der Waals surface area contributed by atoms with E-state index in [1.165, 1.54) is 0 Å². The topological polar surface area (TPSA) is 83.6 Å². The van der Waals surface area contributed by atoms with Crippen LogP contribution < -0.4 is 5.73 Å². The number of hydrogen-bond acceptors (Lipinski definition) is 4. The zero-order chi connectivity index (χ0) is 10.7. The first-order valence-corrected chi connectivity index (χ1v) is 5.66. The van der Waals surface area contributed by atoms with Crippen molar-refractivity contribution in [2.45, 2.75) is 22.9 Å². The van der Waals surface area contributed by atoms with Gasteiger partial charge < -0.3 is 10.8 Å². The van der Waals surface area contributed by atoms with Gasteiger partial charge in [-0.1, -0.05) is 22.6 Å². The Kier molecular flexibility index (Phi) is 4.27. The maximum Gasteiger partial charge on any atom is 0.320 e. The summed E-state index contributed by atoms with van der Waals surface area (Å²) in [6.07, 6.45) is 1.46. The number of hydrogen-bond donors (Lipinski definition) is 2. The molecule has 1 fully saturated rings. The molecular weight excluding hydrogens is 299 g/mol. The van der Waals surface area contributed by atoms with Gasteiger partial charge in [-0.3, -0.25) is 14.5 Å². The lowest BCUT2D eigenvalue weighted by Gasteiger charge is -2.20. The monoisotopic (exact) mass is 312 g/mol. The summed E-state index contributed by atoms with van der Waals surface area (Å²) in [5.41, 5.74) is 5.40. The molecule has 0 aromatic heterocycles. The number of aliphatic carboxylic acids is 1. The van der Waals surface area contributed by atoms with Crippen LogP contribution in [0.15, 0.2) is 0 Å². The van der Waals surface area contributed by atoms with Crippen LogP contribution in [-0.4, -0.2) is 44.9 Å². The summed E-state index contributed by atoms with van der Waals surface area (Å²) in [6.45, 7) is 0.827. The summed E-state index contributed by atoms with van der Waals surface area (Å²) in [4.78, 5) is 23.8. The molecule has 0 unspecified atom stereocenters. The maximum atomic E-state index is 11.3. The third-order valence-electron chi connectivity index (χ3n) is 2.32. The van der Waals surface area contributed by atoms with E-state index in [1.54, 1.807) is 4.90 Å². The van der Waals surface area contributed by atoms with Crippen LogP contribution in [0.3, 0.4) is 0 Å². The van der Waals surface area contributed by atoms with Crippen molar-refractivity contribution in [2.75, 3.05) is 13.1 Å². The van der Waals surface area contributed by atoms with Crippen LogP contribution in [0.4, 0.5) is 0 Å². The molecule has 1 heterocycles. The molecule has 1 aliphatic rings. The van der Waals surface area contributed by atoms with Gasteiger partial charge in [-0.15, -0.1) is 0 Å². The molecule has 0 aromatic carbocycles. The van der Waals surface area contributed by atoms with Crippen molar-refractivity contribution in [1.82, 2.24) is 4.90 Å². The number of carboxylic acids is 1. The quantitative estimate of drug-likeness (QED) is 0.428. The number of nitrogens with two attached hydrogens (primary N) is 1. The van der Waals surface area contributed by atoms with Crippen LogP contribution in [0.5, 0.6) is 0 Å². The second-order valence-electron chi connectivity index (χ2n) is 3.33. The number of Topliss-reactive ketones (excluding diaryl/α,β-unsaturated/α-hetero) is 1. The normalized spacial score (nSPS) is 24.9. The van der Waals surface area contributed by atoms with Gasteiger partial charge in [-0.05, 0) is 19.4 Å². The number of carboxylic acid groups (broad SMARTS) is 1. The van der Waals surface area contributed by atoms with Crippen LogP contribution in [-0.2, 0) is 9.59 Å². The molecule has 0 aromatic rings. The standard InChI is InChI=1S/C8H13IN2O3/c9-7(10)6(12)4-11-3-1-2-5(11)8(13)14/h5,7H,1-4,10H2,(H,13,14)/t5-,7+/m0/s1. The van der Waals surface area contributed by atoms with Crippen LogP contribution in [0.25, 0.3) is 0 Å². The Morgan fingerprint density at radius 2 is 2.29 bits per heavy atom. The molecule has 1 saturated heterocycles. The number of nitrogens with zero attached hydrogens (tertiary/aromatic N) is 1. The van der Waals surface area contributed by atoms with Crippen LogP contribution in [0.1, 0.15) is 12.8 Å². The van der Waals surface area contributed by atoms with Crippen molar-refractivity contribution in [1.29, 1.82) is 0 Å². The van der Waals surface area contributed by atoms with Gasteiger partial charge in [0.25, 0.3) is 0 Å². The second kappa shape index (κ2) is 5.04.